The normalized spacial score (nSPS) is 17.2. The average Bonchev–Trinajstić information content (AvgIpc) is 3.23. The third kappa shape index (κ3) is 3.61. The van der Waals surface area contributed by atoms with Crippen molar-refractivity contribution in [2.75, 3.05) is 13.1 Å². The molecular weight excluding hydrogens is 328 g/mol. The summed E-state index contributed by atoms with van der Waals surface area (Å²) in [6.07, 6.45) is 11.3. The number of H-pyrrole nitrogens is 1. The van der Waals surface area contributed by atoms with Crippen LogP contribution in [-0.2, 0) is 6.42 Å². The number of rotatable bonds is 4. The van der Waals surface area contributed by atoms with Crippen molar-refractivity contribution in [3.63, 3.8) is 0 Å². The number of aromatic nitrogens is 5. The Bertz CT molecular complexity index is 865. The van der Waals surface area contributed by atoms with Crippen molar-refractivity contribution >= 4 is 5.91 Å². The van der Waals surface area contributed by atoms with Gasteiger partial charge in [0.25, 0.3) is 5.91 Å². The molecule has 1 aliphatic heterocycles. The Balaban J connectivity index is 1.44. The number of carbonyl (C=O) groups excluding carboxylic acids is 1. The van der Waals surface area contributed by atoms with Gasteiger partial charge in [0.05, 0.1) is 0 Å². The van der Waals surface area contributed by atoms with Gasteiger partial charge >= 0.3 is 0 Å². The molecule has 0 saturated carbocycles. The van der Waals surface area contributed by atoms with Crippen molar-refractivity contribution in [2.45, 2.75) is 19.3 Å². The van der Waals surface area contributed by atoms with Gasteiger partial charge in [0.2, 0.25) is 0 Å². The number of piperidine rings is 1. The van der Waals surface area contributed by atoms with E-state index in [1.54, 1.807) is 43.2 Å². The number of amides is 1. The fourth-order valence-electron chi connectivity index (χ4n) is 3.43. The molecule has 1 amide bonds. The summed E-state index contributed by atoms with van der Waals surface area (Å²) >= 11 is 0. The van der Waals surface area contributed by atoms with Crippen molar-refractivity contribution < 1.29 is 4.79 Å². The Hall–Kier alpha value is -3.09. The van der Waals surface area contributed by atoms with Crippen LogP contribution in [0.4, 0.5) is 0 Å². The van der Waals surface area contributed by atoms with E-state index in [0.717, 1.165) is 49.6 Å². The molecule has 26 heavy (non-hydrogen) atoms. The maximum Gasteiger partial charge on any atom is 0.253 e. The summed E-state index contributed by atoms with van der Waals surface area (Å²) in [4.78, 5) is 34.6. The van der Waals surface area contributed by atoms with Gasteiger partial charge in [0.1, 0.15) is 12.0 Å². The fourth-order valence-corrected chi connectivity index (χ4v) is 3.43. The van der Waals surface area contributed by atoms with Crippen molar-refractivity contribution in [1.82, 2.24) is 29.8 Å². The van der Waals surface area contributed by atoms with Gasteiger partial charge in [-0.05, 0) is 43.4 Å². The summed E-state index contributed by atoms with van der Waals surface area (Å²) in [5, 5.41) is 0. The molecule has 0 spiro atoms. The van der Waals surface area contributed by atoms with Gasteiger partial charge in [-0.3, -0.25) is 9.78 Å². The molecule has 7 heteroatoms. The van der Waals surface area contributed by atoms with Crippen LogP contribution >= 0.6 is 0 Å². The highest BCUT2D eigenvalue weighted by Gasteiger charge is 2.25. The Morgan fingerprint density at radius 2 is 2.08 bits per heavy atom. The minimum absolute atomic E-state index is 0.0797. The second kappa shape index (κ2) is 7.43. The van der Waals surface area contributed by atoms with Crippen molar-refractivity contribution in [3.8, 4) is 11.5 Å². The van der Waals surface area contributed by atoms with Crippen LogP contribution < -0.4 is 0 Å². The van der Waals surface area contributed by atoms with Crippen molar-refractivity contribution in [3.05, 3.63) is 60.6 Å². The molecular formula is C19H20N6O. The van der Waals surface area contributed by atoms with E-state index in [9.17, 15) is 4.79 Å². The molecule has 0 bridgehead atoms. The van der Waals surface area contributed by atoms with Crippen molar-refractivity contribution in [1.29, 1.82) is 0 Å². The van der Waals surface area contributed by atoms with Gasteiger partial charge in [-0.25, -0.2) is 15.0 Å². The summed E-state index contributed by atoms with van der Waals surface area (Å²) < 4.78 is 0. The lowest BCUT2D eigenvalue weighted by Crippen LogP contribution is -2.40. The summed E-state index contributed by atoms with van der Waals surface area (Å²) in [6.45, 7) is 1.56. The fraction of sp³-hybridized carbons (Fsp3) is 0.316. The number of hydrogen-bond acceptors (Lipinski definition) is 5. The minimum atomic E-state index is 0.0797. The molecule has 132 valence electrons. The molecule has 4 heterocycles. The monoisotopic (exact) mass is 348 g/mol. The Morgan fingerprint density at radius 3 is 2.88 bits per heavy atom. The predicted octanol–water partition coefficient (Wildman–Crippen LogP) is 2.36. The van der Waals surface area contributed by atoms with E-state index in [1.807, 2.05) is 11.0 Å². The second-order valence-corrected chi connectivity index (χ2v) is 6.53. The molecule has 1 saturated heterocycles. The standard InChI is InChI=1S/C19H20N6O/c26-19(15-3-5-20-6-4-15)25-9-1-2-14(12-25)10-16-11-17(24-13-23-16)18-21-7-8-22-18/h3-8,11,13-14H,1-2,9-10,12H2,(H,21,22). The number of likely N-dealkylation sites (tertiary alicyclic amines) is 1. The Morgan fingerprint density at radius 1 is 1.19 bits per heavy atom. The van der Waals surface area contributed by atoms with Crippen LogP contribution in [0.5, 0.6) is 0 Å². The molecule has 4 rings (SSSR count). The third-order valence-electron chi connectivity index (χ3n) is 4.70. The van der Waals surface area contributed by atoms with Gasteiger partial charge in [0.15, 0.2) is 5.82 Å². The van der Waals surface area contributed by atoms with E-state index >= 15 is 0 Å². The van der Waals surface area contributed by atoms with E-state index in [0.29, 0.717) is 11.5 Å². The quantitative estimate of drug-likeness (QED) is 0.782. The minimum Gasteiger partial charge on any atom is -0.343 e. The number of imidazole rings is 1. The first-order valence-electron chi connectivity index (χ1n) is 8.79. The molecule has 0 aromatic carbocycles. The highest BCUT2D eigenvalue weighted by atomic mass is 16.2. The first kappa shape index (κ1) is 16.4. The molecule has 0 aliphatic carbocycles. The van der Waals surface area contributed by atoms with Gasteiger partial charge in [-0.15, -0.1) is 0 Å². The lowest BCUT2D eigenvalue weighted by molar-refractivity contribution is 0.0672. The van der Waals surface area contributed by atoms with E-state index in [4.69, 9.17) is 0 Å². The maximum atomic E-state index is 12.7. The SMILES string of the molecule is O=C(c1ccncc1)N1CCCC(Cc2cc(-c3ncc[nH]3)ncn2)C1. The van der Waals surface area contributed by atoms with E-state index in [1.165, 1.54) is 0 Å². The van der Waals surface area contributed by atoms with Gasteiger partial charge in [-0.1, -0.05) is 0 Å². The molecule has 1 aliphatic rings. The maximum absolute atomic E-state index is 12.7. The first-order chi connectivity index (χ1) is 12.8. The van der Waals surface area contributed by atoms with Crippen molar-refractivity contribution in [2.24, 2.45) is 5.92 Å². The Labute approximate surface area is 151 Å². The van der Waals surface area contributed by atoms with E-state index in [-0.39, 0.29) is 5.91 Å². The number of nitrogens with one attached hydrogen (secondary N) is 1. The summed E-state index contributed by atoms with van der Waals surface area (Å²) in [5.41, 5.74) is 2.47. The van der Waals surface area contributed by atoms with Crippen LogP contribution in [0.2, 0.25) is 0 Å². The number of nitrogens with zero attached hydrogens (tertiary/aromatic N) is 5. The van der Waals surface area contributed by atoms with Crippen LogP contribution in [-0.4, -0.2) is 48.8 Å². The highest BCUT2D eigenvalue weighted by Crippen LogP contribution is 2.22. The van der Waals surface area contributed by atoms with Crippen LogP contribution in [0.1, 0.15) is 28.9 Å². The van der Waals surface area contributed by atoms with E-state index < -0.39 is 0 Å². The van der Waals surface area contributed by atoms with E-state index in [2.05, 4.69) is 24.9 Å². The molecule has 3 aromatic heterocycles. The molecule has 7 nitrogen and oxygen atoms in total. The van der Waals surface area contributed by atoms with Crippen LogP contribution in [0.15, 0.2) is 49.3 Å². The second-order valence-electron chi connectivity index (χ2n) is 6.53. The lowest BCUT2D eigenvalue weighted by Gasteiger charge is -2.32. The summed E-state index contributed by atoms with van der Waals surface area (Å²) in [7, 11) is 0. The molecule has 1 atom stereocenters. The number of pyridine rings is 1. The zero-order valence-corrected chi connectivity index (χ0v) is 14.4. The zero-order chi connectivity index (χ0) is 17.8. The van der Waals surface area contributed by atoms with Gasteiger partial charge in [0, 0.05) is 49.1 Å². The first-order valence-corrected chi connectivity index (χ1v) is 8.79. The lowest BCUT2D eigenvalue weighted by atomic mass is 9.92. The van der Waals surface area contributed by atoms with Gasteiger partial charge < -0.3 is 9.88 Å². The Kier molecular flexibility index (Phi) is 4.68. The largest absolute Gasteiger partial charge is 0.343 e. The molecule has 1 N–H and O–H groups in total. The smallest absolute Gasteiger partial charge is 0.253 e. The summed E-state index contributed by atoms with van der Waals surface area (Å²) in [6, 6.07) is 5.51. The number of hydrogen-bond donors (Lipinski definition) is 1. The number of carbonyl (C=O) groups is 1. The summed E-state index contributed by atoms with van der Waals surface area (Å²) in [5.74, 6) is 1.22. The molecule has 3 aromatic rings. The van der Waals surface area contributed by atoms with Gasteiger partial charge in [-0.2, -0.15) is 0 Å². The molecule has 1 fully saturated rings. The highest BCUT2D eigenvalue weighted by molar-refractivity contribution is 5.94. The zero-order valence-electron chi connectivity index (χ0n) is 14.4. The van der Waals surface area contributed by atoms with Crippen LogP contribution in [0.3, 0.4) is 0 Å². The topological polar surface area (TPSA) is 87.7 Å². The van der Waals surface area contributed by atoms with Crippen LogP contribution in [0, 0.1) is 5.92 Å². The third-order valence-corrected chi connectivity index (χ3v) is 4.70. The molecule has 0 radical (unpaired) electrons. The van der Waals surface area contributed by atoms with Crippen LogP contribution in [0.25, 0.3) is 11.5 Å². The predicted molar refractivity (Wildman–Crippen MR) is 96.2 cm³/mol. The average molecular weight is 348 g/mol. The number of aromatic amines is 1. The molecule has 1 unspecified atom stereocenters.